The molecule has 1 saturated carbocycles. The zero-order valence-electron chi connectivity index (χ0n) is 8.91. The van der Waals surface area contributed by atoms with E-state index in [0.29, 0.717) is 15.8 Å². The molecular weight excluding hydrogens is 242 g/mol. The van der Waals surface area contributed by atoms with Gasteiger partial charge in [0.05, 0.1) is 11.6 Å². The summed E-state index contributed by atoms with van der Waals surface area (Å²) in [5, 5.41) is 0.570. The number of hydrogen-bond acceptors (Lipinski definition) is 2. The Balaban J connectivity index is 1.95. The standard InChI is InChI=1S/C12H14ClNOS/c13-10-7-9(12(14)16)3-4-11(10)15-6-5-8-1-2-8/h3-4,7-8H,1-2,5-6H2,(H2,14,16). The normalized spacial score (nSPS) is 14.8. The number of thiocarbonyl (C=S) groups is 1. The Morgan fingerprint density at radius 3 is 2.81 bits per heavy atom. The SMILES string of the molecule is NC(=S)c1ccc(OCCC2CC2)c(Cl)c1. The van der Waals surface area contributed by atoms with E-state index in [1.807, 2.05) is 12.1 Å². The van der Waals surface area contributed by atoms with Crippen LogP contribution >= 0.6 is 23.8 Å². The van der Waals surface area contributed by atoms with Crippen LogP contribution < -0.4 is 10.5 Å². The summed E-state index contributed by atoms with van der Waals surface area (Å²) in [7, 11) is 0. The van der Waals surface area contributed by atoms with Crippen molar-refractivity contribution in [1.82, 2.24) is 0 Å². The van der Waals surface area contributed by atoms with Crippen LogP contribution in [0.25, 0.3) is 0 Å². The van der Waals surface area contributed by atoms with Gasteiger partial charge < -0.3 is 10.5 Å². The summed E-state index contributed by atoms with van der Waals surface area (Å²) in [6.45, 7) is 0.733. The van der Waals surface area contributed by atoms with Crippen LogP contribution in [0.1, 0.15) is 24.8 Å². The number of halogens is 1. The molecule has 2 nitrogen and oxygen atoms in total. The number of ether oxygens (including phenoxy) is 1. The van der Waals surface area contributed by atoms with E-state index in [-0.39, 0.29) is 0 Å². The van der Waals surface area contributed by atoms with E-state index >= 15 is 0 Å². The van der Waals surface area contributed by atoms with E-state index in [0.717, 1.165) is 24.5 Å². The van der Waals surface area contributed by atoms with E-state index in [2.05, 4.69) is 0 Å². The summed E-state index contributed by atoms with van der Waals surface area (Å²) in [5.41, 5.74) is 6.29. The lowest BCUT2D eigenvalue weighted by atomic mass is 10.2. The van der Waals surface area contributed by atoms with Crippen molar-refractivity contribution < 1.29 is 4.74 Å². The number of rotatable bonds is 5. The number of hydrogen-bond donors (Lipinski definition) is 1. The Hall–Kier alpha value is -0.800. The summed E-state index contributed by atoms with van der Waals surface area (Å²) in [4.78, 5) is 0.353. The average Bonchev–Trinajstić information content (AvgIpc) is 3.04. The van der Waals surface area contributed by atoms with E-state index < -0.39 is 0 Å². The molecule has 0 unspecified atom stereocenters. The molecule has 4 heteroatoms. The van der Waals surface area contributed by atoms with Gasteiger partial charge in [0.2, 0.25) is 0 Å². The molecule has 1 aliphatic rings. The van der Waals surface area contributed by atoms with Gasteiger partial charge in [-0.2, -0.15) is 0 Å². The van der Waals surface area contributed by atoms with Gasteiger partial charge in [0, 0.05) is 5.56 Å². The van der Waals surface area contributed by atoms with Crippen molar-refractivity contribution >= 4 is 28.8 Å². The van der Waals surface area contributed by atoms with Crippen LogP contribution in [0.4, 0.5) is 0 Å². The van der Waals surface area contributed by atoms with E-state index in [1.54, 1.807) is 6.07 Å². The van der Waals surface area contributed by atoms with Crippen LogP contribution in [0.2, 0.25) is 5.02 Å². The van der Waals surface area contributed by atoms with Gasteiger partial charge in [0.1, 0.15) is 10.7 Å². The van der Waals surface area contributed by atoms with Crippen molar-refractivity contribution in [3.63, 3.8) is 0 Å². The van der Waals surface area contributed by atoms with Crippen LogP contribution in [-0.2, 0) is 0 Å². The maximum absolute atomic E-state index is 6.06. The highest BCUT2D eigenvalue weighted by Gasteiger charge is 2.20. The first-order chi connectivity index (χ1) is 7.66. The predicted molar refractivity (Wildman–Crippen MR) is 70.2 cm³/mol. The van der Waals surface area contributed by atoms with Gasteiger partial charge >= 0.3 is 0 Å². The summed E-state index contributed by atoms with van der Waals surface area (Å²) in [5.74, 6) is 1.58. The van der Waals surface area contributed by atoms with Gasteiger partial charge in [-0.3, -0.25) is 0 Å². The molecule has 0 aromatic heterocycles. The Labute approximate surface area is 106 Å². The molecule has 0 radical (unpaired) electrons. The summed E-state index contributed by atoms with van der Waals surface area (Å²) in [6.07, 6.45) is 3.81. The van der Waals surface area contributed by atoms with Crippen LogP contribution in [0.5, 0.6) is 5.75 Å². The second-order valence-electron chi connectivity index (χ2n) is 4.09. The minimum Gasteiger partial charge on any atom is -0.492 e. The Bertz CT molecular complexity index is 404. The summed E-state index contributed by atoms with van der Waals surface area (Å²) >= 11 is 10.9. The fourth-order valence-electron chi connectivity index (χ4n) is 1.51. The van der Waals surface area contributed by atoms with Gasteiger partial charge in [0.15, 0.2) is 0 Å². The van der Waals surface area contributed by atoms with E-state index in [9.17, 15) is 0 Å². The lowest BCUT2D eigenvalue weighted by Crippen LogP contribution is -2.09. The molecule has 0 bridgehead atoms. The minimum absolute atomic E-state index is 0.353. The second-order valence-corrected chi connectivity index (χ2v) is 4.94. The molecule has 0 atom stereocenters. The monoisotopic (exact) mass is 255 g/mol. The molecule has 0 heterocycles. The fraction of sp³-hybridized carbons (Fsp3) is 0.417. The molecule has 2 rings (SSSR count). The van der Waals surface area contributed by atoms with Crippen LogP contribution in [-0.4, -0.2) is 11.6 Å². The molecule has 16 heavy (non-hydrogen) atoms. The van der Waals surface area contributed by atoms with Crippen molar-refractivity contribution in [2.75, 3.05) is 6.61 Å². The van der Waals surface area contributed by atoms with Crippen molar-refractivity contribution in [1.29, 1.82) is 0 Å². The first-order valence-electron chi connectivity index (χ1n) is 5.39. The molecule has 1 aromatic rings. The van der Waals surface area contributed by atoms with Gasteiger partial charge in [-0.1, -0.05) is 36.7 Å². The van der Waals surface area contributed by atoms with Gasteiger partial charge in [-0.05, 0) is 30.5 Å². The predicted octanol–water partition coefficient (Wildman–Crippen LogP) is 3.15. The zero-order valence-corrected chi connectivity index (χ0v) is 10.5. The van der Waals surface area contributed by atoms with Crippen LogP contribution in [0.15, 0.2) is 18.2 Å². The molecule has 2 N–H and O–H groups in total. The lowest BCUT2D eigenvalue weighted by molar-refractivity contribution is 0.302. The first-order valence-corrected chi connectivity index (χ1v) is 6.17. The van der Waals surface area contributed by atoms with E-state index in [1.165, 1.54) is 12.8 Å². The molecule has 0 saturated heterocycles. The van der Waals surface area contributed by atoms with Crippen molar-refractivity contribution in [2.45, 2.75) is 19.3 Å². The molecule has 1 aliphatic carbocycles. The Morgan fingerprint density at radius 1 is 1.50 bits per heavy atom. The molecule has 0 spiro atoms. The Kier molecular flexibility index (Phi) is 3.66. The fourth-order valence-corrected chi connectivity index (χ4v) is 1.88. The van der Waals surface area contributed by atoms with Gasteiger partial charge in [0.25, 0.3) is 0 Å². The highest BCUT2D eigenvalue weighted by Crippen LogP contribution is 2.33. The smallest absolute Gasteiger partial charge is 0.137 e. The Morgan fingerprint density at radius 2 is 2.25 bits per heavy atom. The molecule has 0 amide bonds. The van der Waals surface area contributed by atoms with Gasteiger partial charge in [-0.25, -0.2) is 0 Å². The molecule has 0 aliphatic heterocycles. The molecule has 86 valence electrons. The quantitative estimate of drug-likeness (QED) is 0.821. The van der Waals surface area contributed by atoms with Crippen LogP contribution in [0.3, 0.4) is 0 Å². The largest absolute Gasteiger partial charge is 0.492 e. The second kappa shape index (κ2) is 5.02. The summed E-state index contributed by atoms with van der Waals surface area (Å²) < 4.78 is 5.61. The highest BCUT2D eigenvalue weighted by atomic mass is 35.5. The topological polar surface area (TPSA) is 35.2 Å². The molecule has 1 aromatic carbocycles. The molecular formula is C12H14ClNOS. The average molecular weight is 256 g/mol. The third-order valence-corrected chi connectivity index (χ3v) is 3.23. The number of nitrogens with two attached hydrogens (primary N) is 1. The van der Waals surface area contributed by atoms with Crippen molar-refractivity contribution in [3.05, 3.63) is 28.8 Å². The first kappa shape index (κ1) is 11.7. The highest BCUT2D eigenvalue weighted by molar-refractivity contribution is 7.80. The van der Waals surface area contributed by atoms with Crippen molar-refractivity contribution in [2.24, 2.45) is 11.7 Å². The van der Waals surface area contributed by atoms with Crippen LogP contribution in [0, 0.1) is 5.92 Å². The minimum atomic E-state index is 0.353. The molecule has 1 fully saturated rings. The number of benzene rings is 1. The van der Waals surface area contributed by atoms with E-state index in [4.69, 9.17) is 34.3 Å². The maximum atomic E-state index is 6.06. The lowest BCUT2D eigenvalue weighted by Gasteiger charge is -2.08. The zero-order chi connectivity index (χ0) is 11.5. The maximum Gasteiger partial charge on any atom is 0.137 e. The third-order valence-electron chi connectivity index (χ3n) is 2.70. The summed E-state index contributed by atoms with van der Waals surface area (Å²) in [6, 6.07) is 5.40. The van der Waals surface area contributed by atoms with Crippen molar-refractivity contribution in [3.8, 4) is 5.75 Å². The third kappa shape index (κ3) is 3.09. The van der Waals surface area contributed by atoms with Gasteiger partial charge in [-0.15, -0.1) is 0 Å².